The van der Waals surface area contributed by atoms with Crippen molar-refractivity contribution in [2.24, 2.45) is 0 Å². The van der Waals surface area contributed by atoms with E-state index in [-0.39, 0.29) is 0 Å². The number of pyridine rings is 1. The number of aryl methyl sites for hydroxylation is 2. The Morgan fingerprint density at radius 3 is 2.78 bits per heavy atom. The van der Waals surface area contributed by atoms with Gasteiger partial charge in [0, 0.05) is 16.8 Å². The molecule has 0 atom stereocenters. The minimum Gasteiger partial charge on any atom is -0.246 e. The first kappa shape index (κ1) is 12.7. The van der Waals surface area contributed by atoms with Crippen LogP contribution in [0.5, 0.6) is 0 Å². The molecule has 0 aliphatic rings. The van der Waals surface area contributed by atoms with E-state index in [0.717, 1.165) is 11.3 Å². The number of rotatable bonds is 3. The molecule has 0 aliphatic carbocycles. The van der Waals surface area contributed by atoms with Crippen molar-refractivity contribution in [2.75, 3.05) is 0 Å². The Morgan fingerprint density at radius 1 is 1.22 bits per heavy atom. The van der Waals surface area contributed by atoms with Crippen LogP contribution in [-0.2, 0) is 5.75 Å². The second-order valence-corrected chi connectivity index (χ2v) is 5.24. The number of thioether (sulfide) groups is 1. The number of hydrogen-bond acceptors (Lipinski definition) is 3. The highest BCUT2D eigenvalue weighted by atomic mass is 32.2. The minimum absolute atomic E-state index is 0.480. The largest absolute Gasteiger partial charge is 0.246 e. The number of benzene rings is 1. The quantitative estimate of drug-likeness (QED) is 0.780. The lowest BCUT2D eigenvalue weighted by atomic mass is 10.2. The van der Waals surface area contributed by atoms with Crippen LogP contribution in [0.2, 0.25) is 0 Å². The van der Waals surface area contributed by atoms with Gasteiger partial charge in [-0.05, 0) is 43.2 Å². The van der Waals surface area contributed by atoms with E-state index in [0.29, 0.717) is 5.69 Å². The summed E-state index contributed by atoms with van der Waals surface area (Å²) in [6, 6.07) is 12.3. The first-order chi connectivity index (χ1) is 8.69. The second-order valence-electron chi connectivity index (χ2n) is 4.22. The van der Waals surface area contributed by atoms with Crippen molar-refractivity contribution in [2.45, 2.75) is 24.5 Å². The summed E-state index contributed by atoms with van der Waals surface area (Å²) in [5.41, 5.74) is 4.20. The number of nitriles is 1. The Morgan fingerprint density at radius 2 is 2.06 bits per heavy atom. The van der Waals surface area contributed by atoms with Gasteiger partial charge in [-0.3, -0.25) is 0 Å². The van der Waals surface area contributed by atoms with Gasteiger partial charge in [-0.15, -0.1) is 11.8 Å². The summed E-state index contributed by atoms with van der Waals surface area (Å²) in [5.74, 6) is 0.862. The average molecular weight is 254 g/mol. The Hall–Kier alpha value is -1.79. The highest BCUT2D eigenvalue weighted by molar-refractivity contribution is 7.98. The van der Waals surface area contributed by atoms with Crippen molar-refractivity contribution in [1.29, 1.82) is 5.26 Å². The van der Waals surface area contributed by atoms with Crippen molar-refractivity contribution in [3.63, 3.8) is 0 Å². The maximum Gasteiger partial charge on any atom is 0.140 e. The predicted molar refractivity (Wildman–Crippen MR) is 74.4 cm³/mol. The molecule has 1 aromatic carbocycles. The third-order valence-electron chi connectivity index (χ3n) is 2.66. The molecule has 2 rings (SSSR count). The van der Waals surface area contributed by atoms with Gasteiger partial charge in [0.05, 0.1) is 0 Å². The van der Waals surface area contributed by atoms with Crippen molar-refractivity contribution < 1.29 is 0 Å². The highest BCUT2D eigenvalue weighted by Gasteiger charge is 2.01. The minimum atomic E-state index is 0.480. The van der Waals surface area contributed by atoms with Crippen LogP contribution >= 0.6 is 11.8 Å². The van der Waals surface area contributed by atoms with Crippen LogP contribution in [0.25, 0.3) is 0 Å². The summed E-state index contributed by atoms with van der Waals surface area (Å²) in [6.07, 6.45) is 1.69. The average Bonchev–Trinajstić information content (AvgIpc) is 2.38. The molecule has 0 bridgehead atoms. The molecule has 18 heavy (non-hydrogen) atoms. The first-order valence-electron chi connectivity index (χ1n) is 5.74. The van der Waals surface area contributed by atoms with Gasteiger partial charge >= 0.3 is 0 Å². The number of nitrogens with zero attached hydrogens (tertiary/aromatic N) is 2. The molecular weight excluding hydrogens is 240 g/mol. The second kappa shape index (κ2) is 5.70. The lowest BCUT2D eigenvalue weighted by Gasteiger charge is -2.06. The van der Waals surface area contributed by atoms with E-state index >= 15 is 0 Å². The molecule has 0 saturated carbocycles. The molecule has 0 unspecified atom stereocenters. The summed E-state index contributed by atoms with van der Waals surface area (Å²) in [4.78, 5) is 5.26. The van der Waals surface area contributed by atoms with E-state index < -0.39 is 0 Å². The summed E-state index contributed by atoms with van der Waals surface area (Å²) in [7, 11) is 0. The third kappa shape index (κ3) is 3.12. The van der Waals surface area contributed by atoms with Gasteiger partial charge in [-0.2, -0.15) is 5.26 Å². The zero-order valence-electron chi connectivity index (χ0n) is 10.5. The van der Waals surface area contributed by atoms with Crippen LogP contribution in [0.15, 0.2) is 41.4 Å². The molecule has 0 fully saturated rings. The van der Waals surface area contributed by atoms with Crippen LogP contribution in [0.1, 0.15) is 22.4 Å². The van der Waals surface area contributed by atoms with Gasteiger partial charge in [0.1, 0.15) is 11.8 Å². The van der Waals surface area contributed by atoms with Gasteiger partial charge in [0.25, 0.3) is 0 Å². The fourth-order valence-corrected chi connectivity index (χ4v) is 2.70. The molecule has 0 amide bonds. The topological polar surface area (TPSA) is 36.7 Å². The fraction of sp³-hybridized carbons (Fsp3) is 0.200. The molecule has 2 aromatic rings. The van der Waals surface area contributed by atoms with E-state index in [2.05, 4.69) is 43.1 Å². The zero-order chi connectivity index (χ0) is 13.0. The van der Waals surface area contributed by atoms with Crippen LogP contribution < -0.4 is 0 Å². The van der Waals surface area contributed by atoms with E-state index in [9.17, 15) is 0 Å². The molecule has 0 N–H and O–H groups in total. The van der Waals surface area contributed by atoms with Crippen LogP contribution in [-0.4, -0.2) is 4.98 Å². The Balaban J connectivity index is 2.09. The summed E-state index contributed by atoms with van der Waals surface area (Å²) < 4.78 is 0. The smallest absolute Gasteiger partial charge is 0.140 e. The van der Waals surface area contributed by atoms with E-state index in [1.54, 1.807) is 18.0 Å². The first-order valence-corrected chi connectivity index (χ1v) is 6.72. The zero-order valence-corrected chi connectivity index (χ0v) is 11.3. The van der Waals surface area contributed by atoms with E-state index in [1.807, 2.05) is 12.1 Å². The SMILES string of the molecule is Cc1ccc(SCc2ccnc(C#N)c2)c(C)c1. The molecule has 0 saturated heterocycles. The van der Waals surface area contributed by atoms with Crippen LogP contribution in [0.4, 0.5) is 0 Å². The standard InChI is InChI=1S/C15H14N2S/c1-11-3-4-15(12(2)7-11)18-10-13-5-6-17-14(8-13)9-16/h3-8H,10H2,1-2H3. The Bertz CT molecular complexity index is 600. The monoisotopic (exact) mass is 254 g/mol. The lowest BCUT2D eigenvalue weighted by Crippen LogP contribution is -1.87. The maximum absolute atomic E-state index is 8.80. The molecule has 1 aromatic heterocycles. The molecule has 3 heteroatoms. The molecular formula is C15H14N2S. The van der Waals surface area contributed by atoms with Crippen LogP contribution in [0.3, 0.4) is 0 Å². The molecule has 90 valence electrons. The van der Waals surface area contributed by atoms with Gasteiger partial charge in [0.2, 0.25) is 0 Å². The third-order valence-corrected chi connectivity index (χ3v) is 3.91. The summed E-state index contributed by atoms with van der Waals surface area (Å²) in [5, 5.41) is 8.80. The molecule has 2 nitrogen and oxygen atoms in total. The van der Waals surface area contributed by atoms with E-state index in [4.69, 9.17) is 5.26 Å². The van der Waals surface area contributed by atoms with Crippen molar-refractivity contribution in [1.82, 2.24) is 4.98 Å². The lowest BCUT2D eigenvalue weighted by molar-refractivity contribution is 1.21. The number of hydrogen-bond donors (Lipinski definition) is 0. The van der Waals surface area contributed by atoms with Crippen molar-refractivity contribution in [3.05, 3.63) is 58.9 Å². The number of aromatic nitrogens is 1. The molecule has 0 aliphatic heterocycles. The van der Waals surface area contributed by atoms with Gasteiger partial charge < -0.3 is 0 Å². The van der Waals surface area contributed by atoms with Crippen LogP contribution in [0, 0.1) is 25.2 Å². The summed E-state index contributed by atoms with van der Waals surface area (Å²) >= 11 is 1.79. The fourth-order valence-electron chi connectivity index (χ4n) is 1.75. The maximum atomic E-state index is 8.80. The normalized spacial score (nSPS) is 10.1. The van der Waals surface area contributed by atoms with E-state index in [1.165, 1.54) is 16.0 Å². The molecule has 0 radical (unpaired) electrons. The van der Waals surface area contributed by atoms with Gasteiger partial charge in [-0.1, -0.05) is 17.7 Å². The molecule has 1 heterocycles. The Kier molecular flexibility index (Phi) is 4.01. The van der Waals surface area contributed by atoms with Crippen molar-refractivity contribution >= 4 is 11.8 Å². The van der Waals surface area contributed by atoms with Crippen molar-refractivity contribution in [3.8, 4) is 6.07 Å². The Labute approximate surface area is 112 Å². The highest BCUT2D eigenvalue weighted by Crippen LogP contribution is 2.26. The summed E-state index contributed by atoms with van der Waals surface area (Å²) in [6.45, 7) is 4.23. The predicted octanol–water partition coefficient (Wildman–Crippen LogP) is 3.86. The van der Waals surface area contributed by atoms with Gasteiger partial charge in [0.15, 0.2) is 0 Å². The molecule has 0 spiro atoms. The van der Waals surface area contributed by atoms with Gasteiger partial charge in [-0.25, -0.2) is 4.98 Å².